The summed E-state index contributed by atoms with van der Waals surface area (Å²) in [7, 11) is 0. The van der Waals surface area contributed by atoms with Crippen LogP contribution in [0, 0.1) is 0 Å². The van der Waals surface area contributed by atoms with Crippen molar-refractivity contribution in [3.05, 3.63) is 74.0 Å². The lowest BCUT2D eigenvalue weighted by atomic mass is 10.3. The van der Waals surface area contributed by atoms with Crippen LogP contribution in [0.5, 0.6) is 5.75 Å². The Kier molecular flexibility index (Phi) is 3.73. The summed E-state index contributed by atoms with van der Waals surface area (Å²) in [6, 6.07) is 12.5. The van der Waals surface area contributed by atoms with Crippen LogP contribution < -0.4 is 16.0 Å². The Labute approximate surface area is 150 Å². The lowest BCUT2D eigenvalue weighted by molar-refractivity contribution is 0.338. The van der Waals surface area contributed by atoms with Gasteiger partial charge in [0.05, 0.1) is 27.8 Å². The fraction of sp³-hybridized carbons (Fsp3) is 0.111. The van der Waals surface area contributed by atoms with Gasteiger partial charge in [0.1, 0.15) is 11.4 Å². The quantitative estimate of drug-likeness (QED) is 0.575. The molecule has 2 aliphatic heterocycles. The Hall–Kier alpha value is -2.80. The summed E-state index contributed by atoms with van der Waals surface area (Å²) < 4.78 is 8.76. The van der Waals surface area contributed by atoms with E-state index >= 15 is 0 Å². The molecule has 0 fully saturated rings. The van der Waals surface area contributed by atoms with Crippen molar-refractivity contribution < 1.29 is 4.74 Å². The molecule has 0 saturated heterocycles. The first-order chi connectivity index (χ1) is 12.1. The maximum Gasteiger partial charge on any atom is 0.341 e. The van der Waals surface area contributed by atoms with Gasteiger partial charge in [-0.1, -0.05) is 12.1 Å². The number of fused-ring (bicyclic) bond motifs is 3. The average Bonchev–Trinajstić information content (AvgIpc) is 2.88. The van der Waals surface area contributed by atoms with Gasteiger partial charge in [-0.15, -0.1) is 0 Å². The number of hydrogen-bond donors (Lipinski definition) is 1. The number of nitrogens with one attached hydrogen (secondary N) is 1. The van der Waals surface area contributed by atoms with Crippen molar-refractivity contribution in [2.45, 2.75) is 6.92 Å². The molecule has 2 aromatic carbocycles. The van der Waals surface area contributed by atoms with Crippen LogP contribution in [0.4, 0.5) is 0 Å². The van der Waals surface area contributed by atoms with E-state index in [1.807, 2.05) is 25.1 Å². The van der Waals surface area contributed by atoms with Gasteiger partial charge >= 0.3 is 5.69 Å². The zero-order chi connectivity index (χ0) is 17.6. The monoisotopic (exact) mass is 399 g/mol. The van der Waals surface area contributed by atoms with Gasteiger partial charge in [0.2, 0.25) is 0 Å². The Balaban J connectivity index is 2.02. The molecule has 0 unspecified atom stereocenters. The third kappa shape index (κ3) is 2.39. The number of hydrogen-bond acceptors (Lipinski definition) is 3. The summed E-state index contributed by atoms with van der Waals surface area (Å²) in [6.07, 6.45) is 1.56. The zero-order valence-corrected chi connectivity index (χ0v) is 14.9. The Morgan fingerprint density at radius 3 is 2.68 bits per heavy atom. The molecule has 4 rings (SSSR count). The van der Waals surface area contributed by atoms with Crippen LogP contribution in [0.2, 0.25) is 0 Å². The van der Waals surface area contributed by atoms with Crippen LogP contribution in [0.15, 0.2) is 62.7 Å². The number of para-hydroxylation sites is 2. The highest BCUT2D eigenvalue weighted by Gasteiger charge is 2.21. The molecule has 2 aromatic rings. The van der Waals surface area contributed by atoms with Crippen molar-refractivity contribution in [2.75, 3.05) is 6.61 Å². The van der Waals surface area contributed by atoms with Gasteiger partial charge in [0.15, 0.2) is 0 Å². The number of aromatic amines is 1. The third-order valence-electron chi connectivity index (χ3n) is 4.03. The Morgan fingerprint density at radius 2 is 1.92 bits per heavy atom. The van der Waals surface area contributed by atoms with E-state index in [4.69, 9.17) is 4.74 Å². The molecule has 0 atom stereocenters. The van der Waals surface area contributed by atoms with Gasteiger partial charge in [-0.2, -0.15) is 0 Å². The van der Waals surface area contributed by atoms with Gasteiger partial charge < -0.3 is 9.72 Å². The molecule has 126 valence electrons. The molecule has 25 heavy (non-hydrogen) atoms. The van der Waals surface area contributed by atoms with E-state index in [0.717, 1.165) is 10.1 Å². The number of halogens is 1. The van der Waals surface area contributed by atoms with E-state index in [1.165, 1.54) is 4.57 Å². The summed E-state index contributed by atoms with van der Waals surface area (Å²) in [6.45, 7) is 2.42. The second-order valence-corrected chi connectivity index (χ2v) is 6.35. The van der Waals surface area contributed by atoms with E-state index in [-0.39, 0.29) is 5.56 Å². The van der Waals surface area contributed by atoms with Crippen LogP contribution >= 0.6 is 15.9 Å². The van der Waals surface area contributed by atoms with E-state index in [0.29, 0.717) is 33.7 Å². The number of H-pyrrole nitrogens is 1. The van der Waals surface area contributed by atoms with Gasteiger partial charge in [0.25, 0.3) is 5.56 Å². The first-order valence-electron chi connectivity index (χ1n) is 7.78. The zero-order valence-electron chi connectivity index (χ0n) is 13.3. The molecule has 2 aliphatic rings. The minimum atomic E-state index is -0.402. The summed E-state index contributed by atoms with van der Waals surface area (Å²) in [5, 5.41) is 0. The SMILES string of the molecule is CCOc1ccc(-n2c(=O)c3c[nH]c4ccccc4n-3c2=O)cc1Br. The molecule has 0 radical (unpaired) electrons. The minimum Gasteiger partial charge on any atom is -0.493 e. The lowest BCUT2D eigenvalue weighted by Gasteiger charge is -2.07. The maximum atomic E-state index is 13.0. The van der Waals surface area contributed by atoms with Crippen molar-refractivity contribution in [1.82, 2.24) is 14.1 Å². The van der Waals surface area contributed by atoms with Crippen LogP contribution in [-0.2, 0) is 0 Å². The number of ether oxygens (including phenoxy) is 1. The first kappa shape index (κ1) is 15.7. The molecule has 7 heteroatoms. The van der Waals surface area contributed by atoms with E-state index in [2.05, 4.69) is 20.9 Å². The largest absolute Gasteiger partial charge is 0.493 e. The summed E-state index contributed by atoms with van der Waals surface area (Å²) >= 11 is 3.42. The fourth-order valence-electron chi connectivity index (χ4n) is 2.93. The molecule has 0 aromatic heterocycles. The van der Waals surface area contributed by atoms with Crippen LogP contribution in [0.3, 0.4) is 0 Å². The van der Waals surface area contributed by atoms with Crippen LogP contribution in [0.1, 0.15) is 6.92 Å². The number of nitrogens with zero attached hydrogens (tertiary/aromatic N) is 2. The van der Waals surface area contributed by atoms with Crippen molar-refractivity contribution in [3.8, 4) is 17.1 Å². The topological polar surface area (TPSA) is 69.0 Å². The highest BCUT2D eigenvalue weighted by Crippen LogP contribution is 2.27. The first-order valence-corrected chi connectivity index (χ1v) is 8.57. The van der Waals surface area contributed by atoms with Gasteiger partial charge in [-0.05, 0) is 53.2 Å². The van der Waals surface area contributed by atoms with Crippen molar-refractivity contribution in [2.24, 2.45) is 0 Å². The predicted octanol–water partition coefficient (Wildman–Crippen LogP) is 3.07. The van der Waals surface area contributed by atoms with Gasteiger partial charge in [-0.3, -0.25) is 9.36 Å². The second kappa shape index (κ2) is 5.93. The van der Waals surface area contributed by atoms with Crippen molar-refractivity contribution >= 4 is 27.0 Å². The van der Waals surface area contributed by atoms with E-state index < -0.39 is 5.69 Å². The molecular formula is C18H14BrN3O3. The number of aromatic nitrogens is 3. The summed E-state index contributed by atoms with van der Waals surface area (Å²) in [4.78, 5) is 28.8. The third-order valence-corrected chi connectivity index (χ3v) is 4.65. The molecule has 6 nitrogen and oxygen atoms in total. The summed E-state index contributed by atoms with van der Waals surface area (Å²) in [5.41, 5.74) is 1.45. The number of rotatable bonds is 3. The Bertz CT molecular complexity index is 1170. The predicted molar refractivity (Wildman–Crippen MR) is 99.5 cm³/mol. The molecule has 0 bridgehead atoms. The van der Waals surface area contributed by atoms with Gasteiger partial charge in [-0.25, -0.2) is 9.36 Å². The minimum absolute atomic E-state index is 0.300. The molecule has 0 aliphatic carbocycles. The molecular weight excluding hydrogens is 386 g/mol. The smallest absolute Gasteiger partial charge is 0.341 e. The highest BCUT2D eigenvalue weighted by molar-refractivity contribution is 9.10. The molecule has 1 N–H and O–H groups in total. The number of imidazole rings is 1. The second-order valence-electron chi connectivity index (χ2n) is 5.50. The molecule has 0 saturated carbocycles. The van der Waals surface area contributed by atoms with Crippen molar-refractivity contribution in [1.29, 1.82) is 0 Å². The Morgan fingerprint density at radius 1 is 1.12 bits per heavy atom. The van der Waals surface area contributed by atoms with Crippen LogP contribution in [-0.4, -0.2) is 20.7 Å². The number of benzene rings is 2. The van der Waals surface area contributed by atoms with Crippen LogP contribution in [0.25, 0.3) is 22.4 Å². The summed E-state index contributed by atoms with van der Waals surface area (Å²) in [5.74, 6) is 0.661. The van der Waals surface area contributed by atoms with Gasteiger partial charge in [0, 0.05) is 6.20 Å². The standard InChI is InChI=1S/C18H14BrN3O3/c1-2-25-16-8-7-11(9-12(16)19)21-17(23)15-10-20-13-5-3-4-6-14(13)22(15)18(21)24/h3-10,20H,2H2,1H3. The molecule has 0 spiro atoms. The lowest BCUT2D eigenvalue weighted by Crippen LogP contribution is -2.25. The maximum absolute atomic E-state index is 13.0. The van der Waals surface area contributed by atoms with E-state index in [1.54, 1.807) is 30.5 Å². The van der Waals surface area contributed by atoms with Crippen molar-refractivity contribution in [3.63, 3.8) is 0 Å². The average molecular weight is 400 g/mol. The molecule has 0 amide bonds. The normalized spacial score (nSPS) is 11.3. The fourth-order valence-corrected chi connectivity index (χ4v) is 3.41. The van der Waals surface area contributed by atoms with E-state index in [9.17, 15) is 9.59 Å². The molecule has 2 heterocycles. The highest BCUT2D eigenvalue weighted by atomic mass is 79.9.